The Kier molecular flexibility index (Phi) is 5.35. The van der Waals surface area contributed by atoms with Gasteiger partial charge < -0.3 is 15.7 Å². The van der Waals surface area contributed by atoms with Crippen molar-refractivity contribution >= 4 is 17.7 Å². The topological polar surface area (TPSA) is 96.2 Å². The van der Waals surface area contributed by atoms with Gasteiger partial charge in [-0.1, -0.05) is 25.1 Å². The van der Waals surface area contributed by atoms with Crippen LogP contribution in [0.4, 0.5) is 10.5 Å². The van der Waals surface area contributed by atoms with E-state index in [2.05, 4.69) is 15.7 Å². The number of benzene rings is 1. The summed E-state index contributed by atoms with van der Waals surface area (Å²) in [5, 5.41) is 18.2. The van der Waals surface area contributed by atoms with Gasteiger partial charge in [0.1, 0.15) is 0 Å². The second-order valence-corrected chi connectivity index (χ2v) is 5.08. The van der Waals surface area contributed by atoms with Crippen LogP contribution in [-0.2, 0) is 11.2 Å². The number of hydrogen-bond donors (Lipinski definition) is 3. The molecule has 0 aliphatic rings. The molecule has 7 heteroatoms. The van der Waals surface area contributed by atoms with E-state index in [0.717, 1.165) is 16.9 Å². The molecule has 2 rings (SSSR count). The Hall–Kier alpha value is -2.83. The minimum Gasteiger partial charge on any atom is -0.481 e. The van der Waals surface area contributed by atoms with Gasteiger partial charge in [-0.15, -0.1) is 0 Å². The monoisotopic (exact) mass is 316 g/mol. The Bertz CT molecular complexity index is 709. The van der Waals surface area contributed by atoms with Crippen LogP contribution in [0.15, 0.2) is 30.5 Å². The average molecular weight is 316 g/mol. The van der Waals surface area contributed by atoms with Crippen molar-refractivity contribution in [3.8, 4) is 5.69 Å². The Morgan fingerprint density at radius 3 is 2.70 bits per heavy atom. The lowest BCUT2D eigenvalue weighted by Gasteiger charge is -2.11. The number of aromatic nitrogens is 2. The summed E-state index contributed by atoms with van der Waals surface area (Å²) in [7, 11) is 0. The Balaban J connectivity index is 2.14. The highest BCUT2D eigenvalue weighted by Gasteiger charge is 2.14. The third kappa shape index (κ3) is 4.09. The zero-order valence-electron chi connectivity index (χ0n) is 13.2. The lowest BCUT2D eigenvalue weighted by Crippen LogP contribution is -2.30. The zero-order chi connectivity index (χ0) is 16.8. The molecule has 3 N–H and O–H groups in total. The number of nitrogens with zero attached hydrogens (tertiary/aromatic N) is 2. The number of para-hydroxylation sites is 1. The van der Waals surface area contributed by atoms with Crippen molar-refractivity contribution in [3.63, 3.8) is 0 Å². The van der Waals surface area contributed by atoms with Gasteiger partial charge in [-0.25, -0.2) is 9.48 Å². The predicted molar refractivity (Wildman–Crippen MR) is 87.0 cm³/mol. The first kappa shape index (κ1) is 16.5. The minimum absolute atomic E-state index is 0.0779. The van der Waals surface area contributed by atoms with Crippen molar-refractivity contribution in [2.45, 2.75) is 26.7 Å². The summed E-state index contributed by atoms with van der Waals surface area (Å²) < 4.78 is 1.81. The normalized spacial score (nSPS) is 10.3. The molecule has 122 valence electrons. The number of carboxylic acids is 1. The van der Waals surface area contributed by atoms with E-state index >= 15 is 0 Å². The van der Waals surface area contributed by atoms with Gasteiger partial charge in [0, 0.05) is 6.54 Å². The van der Waals surface area contributed by atoms with Crippen molar-refractivity contribution in [1.82, 2.24) is 15.1 Å². The van der Waals surface area contributed by atoms with E-state index in [-0.39, 0.29) is 13.0 Å². The number of anilines is 1. The van der Waals surface area contributed by atoms with Gasteiger partial charge in [0.25, 0.3) is 0 Å². The maximum atomic E-state index is 11.8. The number of carbonyl (C=O) groups is 2. The van der Waals surface area contributed by atoms with Crippen molar-refractivity contribution in [2.24, 2.45) is 0 Å². The molecule has 1 aromatic heterocycles. The van der Waals surface area contributed by atoms with Gasteiger partial charge in [0.15, 0.2) is 0 Å². The number of carbonyl (C=O) groups excluding carboxylic acids is 1. The van der Waals surface area contributed by atoms with E-state index in [4.69, 9.17) is 5.11 Å². The molecule has 0 unspecified atom stereocenters. The highest BCUT2D eigenvalue weighted by Crippen LogP contribution is 2.22. The molecule has 0 saturated carbocycles. The molecule has 0 bridgehead atoms. The summed E-state index contributed by atoms with van der Waals surface area (Å²) in [5.74, 6) is -0.952. The van der Waals surface area contributed by atoms with Crippen LogP contribution in [0.1, 0.15) is 24.6 Å². The minimum atomic E-state index is -0.952. The van der Waals surface area contributed by atoms with Gasteiger partial charge in [-0.05, 0) is 25.0 Å². The van der Waals surface area contributed by atoms with Crippen molar-refractivity contribution < 1.29 is 14.7 Å². The number of aliphatic carboxylic acids is 1. The van der Waals surface area contributed by atoms with E-state index in [1.165, 1.54) is 0 Å². The van der Waals surface area contributed by atoms with Crippen LogP contribution in [0, 0.1) is 6.92 Å². The second kappa shape index (κ2) is 7.44. The van der Waals surface area contributed by atoms with Crippen molar-refractivity contribution in [1.29, 1.82) is 0 Å². The van der Waals surface area contributed by atoms with Gasteiger partial charge in [0.2, 0.25) is 0 Å². The molecule has 0 spiro atoms. The molecule has 0 fully saturated rings. The number of aryl methyl sites for hydroxylation is 1. The molecule has 7 nitrogen and oxygen atoms in total. The van der Waals surface area contributed by atoms with Crippen LogP contribution in [0.5, 0.6) is 0 Å². The number of rotatable bonds is 6. The zero-order valence-corrected chi connectivity index (χ0v) is 13.2. The van der Waals surface area contributed by atoms with E-state index in [0.29, 0.717) is 12.1 Å². The first-order valence-corrected chi connectivity index (χ1v) is 7.42. The fourth-order valence-electron chi connectivity index (χ4n) is 2.28. The third-order valence-electron chi connectivity index (χ3n) is 3.42. The molecular formula is C16H20N4O3. The SMILES string of the molecule is CCc1c(NC(=O)NCCC(=O)O)cnn1-c1ccccc1C. The summed E-state index contributed by atoms with van der Waals surface area (Å²) in [6.45, 7) is 4.07. The van der Waals surface area contributed by atoms with Gasteiger partial charge >= 0.3 is 12.0 Å². The van der Waals surface area contributed by atoms with Crippen LogP contribution in [0.2, 0.25) is 0 Å². The lowest BCUT2D eigenvalue weighted by atomic mass is 10.2. The number of amides is 2. The smallest absolute Gasteiger partial charge is 0.319 e. The molecule has 1 heterocycles. The number of nitrogens with one attached hydrogen (secondary N) is 2. The Morgan fingerprint density at radius 1 is 1.30 bits per heavy atom. The molecule has 0 radical (unpaired) electrons. The molecule has 0 aliphatic carbocycles. The second-order valence-electron chi connectivity index (χ2n) is 5.08. The number of urea groups is 1. The van der Waals surface area contributed by atoms with Crippen LogP contribution >= 0.6 is 0 Å². The van der Waals surface area contributed by atoms with Crippen LogP contribution in [0.25, 0.3) is 5.69 Å². The van der Waals surface area contributed by atoms with E-state index < -0.39 is 12.0 Å². The highest BCUT2D eigenvalue weighted by molar-refractivity contribution is 5.90. The summed E-state index contributed by atoms with van der Waals surface area (Å²) in [6.07, 6.45) is 2.18. The maximum absolute atomic E-state index is 11.8. The number of hydrogen-bond acceptors (Lipinski definition) is 3. The molecule has 0 aliphatic heterocycles. The molecule has 0 atom stereocenters. The first-order valence-electron chi connectivity index (χ1n) is 7.42. The van der Waals surface area contributed by atoms with Crippen molar-refractivity contribution in [3.05, 3.63) is 41.7 Å². The summed E-state index contributed by atoms with van der Waals surface area (Å²) in [4.78, 5) is 22.3. The Morgan fingerprint density at radius 2 is 2.04 bits per heavy atom. The van der Waals surface area contributed by atoms with Crippen molar-refractivity contribution in [2.75, 3.05) is 11.9 Å². The largest absolute Gasteiger partial charge is 0.481 e. The molecule has 2 aromatic rings. The van der Waals surface area contributed by atoms with Gasteiger partial charge in [0.05, 0.1) is 29.7 Å². The first-order chi connectivity index (χ1) is 11.0. The highest BCUT2D eigenvalue weighted by atomic mass is 16.4. The Labute approximate surface area is 134 Å². The molecule has 0 saturated heterocycles. The maximum Gasteiger partial charge on any atom is 0.319 e. The molecule has 23 heavy (non-hydrogen) atoms. The lowest BCUT2D eigenvalue weighted by molar-refractivity contribution is -0.136. The third-order valence-corrected chi connectivity index (χ3v) is 3.42. The molecule has 2 amide bonds. The van der Waals surface area contributed by atoms with Crippen LogP contribution in [-0.4, -0.2) is 33.4 Å². The summed E-state index contributed by atoms with van der Waals surface area (Å²) in [6, 6.07) is 7.43. The fraction of sp³-hybridized carbons (Fsp3) is 0.312. The quantitative estimate of drug-likeness (QED) is 0.762. The molecular weight excluding hydrogens is 296 g/mol. The number of carboxylic acid groups (broad SMARTS) is 1. The van der Waals surface area contributed by atoms with Crippen LogP contribution in [0.3, 0.4) is 0 Å². The van der Waals surface area contributed by atoms with Gasteiger partial charge in [-0.3, -0.25) is 4.79 Å². The van der Waals surface area contributed by atoms with E-state index in [1.54, 1.807) is 6.20 Å². The standard InChI is InChI=1S/C16H20N4O3/c1-3-13-12(19-16(23)17-9-8-15(21)22)10-18-20(13)14-7-5-4-6-11(14)2/h4-7,10H,3,8-9H2,1-2H3,(H,21,22)(H2,17,19,23). The average Bonchev–Trinajstić information content (AvgIpc) is 2.89. The molecule has 1 aromatic carbocycles. The van der Waals surface area contributed by atoms with E-state index in [1.807, 2.05) is 42.8 Å². The summed E-state index contributed by atoms with van der Waals surface area (Å²) >= 11 is 0. The fourth-order valence-corrected chi connectivity index (χ4v) is 2.28. The predicted octanol–water partition coefficient (Wildman–Crippen LogP) is 2.34. The summed E-state index contributed by atoms with van der Waals surface area (Å²) in [5.41, 5.74) is 3.54. The van der Waals surface area contributed by atoms with Crippen LogP contribution < -0.4 is 10.6 Å². The van der Waals surface area contributed by atoms with E-state index in [9.17, 15) is 9.59 Å². The van der Waals surface area contributed by atoms with Gasteiger partial charge in [-0.2, -0.15) is 5.10 Å².